The fraction of sp³-hybridized carbons (Fsp3) is 0. The first-order valence-corrected chi connectivity index (χ1v) is 3.93. The van der Waals surface area contributed by atoms with Gasteiger partial charge in [-0.15, -0.1) is 0 Å². The van der Waals surface area contributed by atoms with Crippen molar-refractivity contribution in [1.29, 1.82) is 0 Å². The Morgan fingerprint density at radius 1 is 1.12 bits per heavy atom. The number of benzene rings is 1. The third-order valence-electron chi connectivity index (χ3n) is 1.47. The van der Waals surface area contributed by atoms with Crippen LogP contribution in [0.1, 0.15) is 10.4 Å². The van der Waals surface area contributed by atoms with Crippen molar-refractivity contribution in [2.45, 2.75) is 0 Å². The van der Waals surface area contributed by atoms with Crippen LogP contribution in [-0.2, 0) is 9.47 Å². The van der Waals surface area contributed by atoms with Crippen molar-refractivity contribution in [3.63, 3.8) is 0 Å². The summed E-state index contributed by atoms with van der Waals surface area (Å²) in [6, 6.07) is 5.25. The van der Waals surface area contributed by atoms with Crippen LogP contribution in [-0.4, -0.2) is 23.4 Å². The van der Waals surface area contributed by atoms with Crippen molar-refractivity contribution in [2.75, 3.05) is 0 Å². The second-order valence-electron chi connectivity index (χ2n) is 2.51. The standard InChI is InChI=1S/C9H6O7.Na/c10-6-4-2-1-3-5(6)7(11)15-9(14)16-8(12)13;/h1-4,10H,(H,12,13);/q;+1/p-1. The minimum Gasteiger partial charge on any atom is -0.507 e. The summed E-state index contributed by atoms with van der Waals surface area (Å²) in [5.74, 6) is -1.64. The second-order valence-corrected chi connectivity index (χ2v) is 2.51. The minimum absolute atomic E-state index is 0. The number of phenols is 1. The fourth-order valence-corrected chi connectivity index (χ4v) is 0.866. The average molecular weight is 248 g/mol. The topological polar surface area (TPSA) is 113 Å². The van der Waals surface area contributed by atoms with E-state index >= 15 is 0 Å². The number of carbonyl (C=O) groups is 3. The molecule has 1 rings (SSSR count). The number of esters is 1. The number of ether oxygens (including phenoxy) is 2. The molecule has 0 amide bonds. The van der Waals surface area contributed by atoms with Crippen LogP contribution in [0.25, 0.3) is 0 Å². The first-order valence-electron chi connectivity index (χ1n) is 3.93. The van der Waals surface area contributed by atoms with Gasteiger partial charge >= 0.3 is 41.7 Å². The van der Waals surface area contributed by atoms with E-state index in [4.69, 9.17) is 0 Å². The van der Waals surface area contributed by atoms with Crippen LogP contribution in [0.15, 0.2) is 24.3 Å². The number of aromatic hydroxyl groups is 1. The molecular formula is C9H5NaO7. The summed E-state index contributed by atoms with van der Waals surface area (Å²) >= 11 is 0. The summed E-state index contributed by atoms with van der Waals surface area (Å²) in [7, 11) is 0. The molecule has 8 heteroatoms. The van der Waals surface area contributed by atoms with Crippen molar-refractivity contribution in [1.82, 2.24) is 0 Å². The molecule has 0 aliphatic heterocycles. The van der Waals surface area contributed by atoms with Crippen LogP contribution in [0.2, 0.25) is 0 Å². The van der Waals surface area contributed by atoms with Gasteiger partial charge in [0.05, 0.1) is 0 Å². The van der Waals surface area contributed by atoms with Gasteiger partial charge in [0.15, 0.2) is 0 Å². The van der Waals surface area contributed by atoms with Gasteiger partial charge in [0.1, 0.15) is 11.3 Å². The molecule has 0 aromatic heterocycles. The van der Waals surface area contributed by atoms with Gasteiger partial charge in [-0.2, -0.15) is 0 Å². The Morgan fingerprint density at radius 3 is 2.24 bits per heavy atom. The van der Waals surface area contributed by atoms with E-state index in [1.807, 2.05) is 0 Å². The third-order valence-corrected chi connectivity index (χ3v) is 1.47. The third kappa shape index (κ3) is 4.85. The van der Waals surface area contributed by atoms with E-state index in [1.165, 1.54) is 24.3 Å². The average Bonchev–Trinajstić information content (AvgIpc) is 2.16. The molecule has 7 nitrogen and oxygen atoms in total. The van der Waals surface area contributed by atoms with E-state index in [0.717, 1.165) is 0 Å². The summed E-state index contributed by atoms with van der Waals surface area (Å²) in [5, 5.41) is 19.0. The van der Waals surface area contributed by atoms with Gasteiger partial charge in [-0.05, 0) is 12.1 Å². The van der Waals surface area contributed by atoms with Crippen molar-refractivity contribution >= 4 is 18.3 Å². The Bertz CT molecular complexity index is 443. The second kappa shape index (κ2) is 6.89. The summed E-state index contributed by atoms with van der Waals surface area (Å²) in [6.07, 6.45) is -3.89. The molecule has 0 saturated carbocycles. The number of hydrogen-bond donors (Lipinski definition) is 1. The molecule has 0 unspecified atom stereocenters. The van der Waals surface area contributed by atoms with Gasteiger partial charge in [0.25, 0.3) is 6.16 Å². The van der Waals surface area contributed by atoms with E-state index in [2.05, 4.69) is 9.47 Å². The normalized spacial score (nSPS) is 8.71. The molecule has 0 saturated heterocycles. The van der Waals surface area contributed by atoms with Crippen molar-refractivity contribution in [3.05, 3.63) is 29.8 Å². The molecule has 0 aliphatic rings. The van der Waals surface area contributed by atoms with Crippen LogP contribution < -0.4 is 34.7 Å². The van der Waals surface area contributed by atoms with Crippen molar-refractivity contribution < 1.29 is 63.6 Å². The van der Waals surface area contributed by atoms with Gasteiger partial charge in [0, 0.05) is 0 Å². The number of carboxylic acid groups (broad SMARTS) is 1. The molecule has 1 aromatic carbocycles. The molecule has 1 N–H and O–H groups in total. The maximum Gasteiger partial charge on any atom is 1.00 e. The quantitative estimate of drug-likeness (QED) is 0.321. The predicted molar refractivity (Wildman–Crippen MR) is 45.4 cm³/mol. The zero-order chi connectivity index (χ0) is 12.1. The molecule has 84 valence electrons. The predicted octanol–water partition coefficient (Wildman–Crippen LogP) is -2.97. The summed E-state index contributed by atoms with van der Waals surface area (Å²) in [6.45, 7) is 0. The van der Waals surface area contributed by atoms with Gasteiger partial charge in [0.2, 0.25) is 0 Å². The summed E-state index contributed by atoms with van der Waals surface area (Å²) in [5.41, 5.74) is -0.294. The van der Waals surface area contributed by atoms with Gasteiger partial charge in [-0.3, -0.25) is 0 Å². The Kier molecular flexibility index (Phi) is 6.26. The SMILES string of the molecule is O=C([O-])OC(=O)OC(=O)c1ccccc1O.[Na+]. The molecular weight excluding hydrogens is 243 g/mol. The summed E-state index contributed by atoms with van der Waals surface area (Å²) in [4.78, 5) is 31.5. The molecule has 0 fully saturated rings. The molecule has 1 aromatic rings. The molecule has 0 bridgehead atoms. The van der Waals surface area contributed by atoms with Crippen LogP contribution in [0.3, 0.4) is 0 Å². The maximum atomic E-state index is 11.2. The van der Waals surface area contributed by atoms with E-state index in [1.54, 1.807) is 0 Å². The monoisotopic (exact) mass is 248 g/mol. The van der Waals surface area contributed by atoms with E-state index in [9.17, 15) is 24.6 Å². The van der Waals surface area contributed by atoms with Crippen molar-refractivity contribution in [2.24, 2.45) is 0 Å². The Labute approximate surface area is 117 Å². The van der Waals surface area contributed by atoms with Crippen molar-refractivity contribution in [3.8, 4) is 5.75 Å². The number of rotatable bonds is 1. The molecule has 0 atom stereocenters. The molecule has 0 aliphatic carbocycles. The van der Waals surface area contributed by atoms with Gasteiger partial charge < -0.3 is 24.5 Å². The van der Waals surface area contributed by atoms with Crippen LogP contribution >= 0.6 is 0 Å². The van der Waals surface area contributed by atoms with Gasteiger partial charge in [-0.25, -0.2) is 9.59 Å². The van der Waals surface area contributed by atoms with E-state index in [0.29, 0.717) is 0 Å². The molecule has 0 heterocycles. The Morgan fingerprint density at radius 2 is 1.71 bits per heavy atom. The van der Waals surface area contributed by atoms with Gasteiger partial charge in [-0.1, -0.05) is 12.1 Å². The smallest absolute Gasteiger partial charge is 0.507 e. The maximum absolute atomic E-state index is 11.2. The first-order chi connectivity index (χ1) is 7.50. The molecule has 0 radical (unpaired) electrons. The molecule has 17 heavy (non-hydrogen) atoms. The fourth-order valence-electron chi connectivity index (χ4n) is 0.866. The summed E-state index contributed by atoms with van der Waals surface area (Å²) < 4.78 is 7.37. The number of carbonyl (C=O) groups excluding carboxylic acids is 3. The number of hydrogen-bond acceptors (Lipinski definition) is 7. The Balaban J connectivity index is 0.00000256. The zero-order valence-corrected chi connectivity index (χ0v) is 10.7. The van der Waals surface area contributed by atoms with Crippen LogP contribution in [0, 0.1) is 0 Å². The van der Waals surface area contributed by atoms with Crippen LogP contribution in [0.4, 0.5) is 9.59 Å². The van der Waals surface area contributed by atoms with E-state index in [-0.39, 0.29) is 35.1 Å². The van der Waals surface area contributed by atoms with E-state index < -0.39 is 24.0 Å². The molecule has 0 spiro atoms. The minimum atomic E-state index is -2.14. The van der Waals surface area contributed by atoms with Crippen LogP contribution in [0.5, 0.6) is 5.75 Å². The number of para-hydroxylation sites is 1. The number of phenolic OH excluding ortho intramolecular Hbond substituents is 1. The zero-order valence-electron chi connectivity index (χ0n) is 8.71. The first kappa shape index (κ1) is 15.4. The Hall–Kier alpha value is -1.57. The largest absolute Gasteiger partial charge is 1.00 e.